The molecule has 1 aliphatic rings. The third-order valence-corrected chi connectivity index (χ3v) is 3.22. The molecule has 1 aromatic rings. The van der Waals surface area contributed by atoms with E-state index in [4.69, 9.17) is 0 Å². The van der Waals surface area contributed by atoms with Crippen LogP contribution in [0.4, 0.5) is 0 Å². The van der Waals surface area contributed by atoms with E-state index >= 15 is 0 Å². The fraction of sp³-hybridized carbons (Fsp3) is 0.429. The number of benzene rings is 1. The van der Waals surface area contributed by atoms with Crippen molar-refractivity contribution in [2.24, 2.45) is 5.41 Å². The summed E-state index contributed by atoms with van der Waals surface area (Å²) >= 11 is 0. The molecule has 18 heavy (non-hydrogen) atoms. The van der Waals surface area contributed by atoms with Crippen LogP contribution in [0.3, 0.4) is 0 Å². The predicted octanol–water partition coefficient (Wildman–Crippen LogP) is 2.14. The van der Waals surface area contributed by atoms with Gasteiger partial charge in [0.2, 0.25) is 0 Å². The molecule has 1 N–H and O–H groups in total. The standard InChI is InChI=1S/C14H17NO3/c1-14(2,3)11(13(17)18)15-8-9-6-4-5-7-10(9)12(15)16/h4-7,11H,8H2,1-3H3,(H,17,18). The van der Waals surface area contributed by atoms with Crippen molar-refractivity contribution in [1.29, 1.82) is 0 Å². The molecular weight excluding hydrogens is 230 g/mol. The van der Waals surface area contributed by atoms with Crippen LogP contribution in [0.25, 0.3) is 0 Å². The van der Waals surface area contributed by atoms with E-state index in [1.54, 1.807) is 12.1 Å². The van der Waals surface area contributed by atoms with Crippen molar-refractivity contribution in [2.75, 3.05) is 0 Å². The third kappa shape index (κ3) is 1.98. The quantitative estimate of drug-likeness (QED) is 0.871. The molecule has 0 aromatic heterocycles. The van der Waals surface area contributed by atoms with Gasteiger partial charge in [0.1, 0.15) is 6.04 Å². The molecule has 1 aliphatic heterocycles. The second-order valence-corrected chi connectivity index (χ2v) is 5.70. The normalized spacial score (nSPS) is 16.6. The van der Waals surface area contributed by atoms with E-state index in [2.05, 4.69) is 0 Å². The summed E-state index contributed by atoms with van der Waals surface area (Å²) < 4.78 is 0. The Hall–Kier alpha value is -1.84. The van der Waals surface area contributed by atoms with Gasteiger partial charge in [0, 0.05) is 12.1 Å². The molecule has 1 unspecified atom stereocenters. The Morgan fingerprint density at radius 1 is 1.33 bits per heavy atom. The lowest BCUT2D eigenvalue weighted by Crippen LogP contribution is -2.49. The van der Waals surface area contributed by atoms with Crippen LogP contribution in [0.15, 0.2) is 24.3 Å². The highest BCUT2D eigenvalue weighted by molar-refractivity contribution is 6.00. The van der Waals surface area contributed by atoms with Crippen molar-refractivity contribution in [3.8, 4) is 0 Å². The second-order valence-electron chi connectivity index (χ2n) is 5.70. The van der Waals surface area contributed by atoms with Gasteiger partial charge in [0.15, 0.2) is 0 Å². The molecular formula is C14H17NO3. The Labute approximate surface area is 106 Å². The number of hydrogen-bond donors (Lipinski definition) is 1. The third-order valence-electron chi connectivity index (χ3n) is 3.22. The van der Waals surface area contributed by atoms with E-state index in [1.807, 2.05) is 32.9 Å². The van der Waals surface area contributed by atoms with Crippen LogP contribution in [0.2, 0.25) is 0 Å². The number of carbonyl (C=O) groups is 2. The molecule has 4 nitrogen and oxygen atoms in total. The van der Waals surface area contributed by atoms with Gasteiger partial charge in [-0.3, -0.25) is 4.79 Å². The van der Waals surface area contributed by atoms with Gasteiger partial charge in [-0.15, -0.1) is 0 Å². The monoisotopic (exact) mass is 247 g/mol. The van der Waals surface area contributed by atoms with Crippen LogP contribution >= 0.6 is 0 Å². The number of hydrogen-bond acceptors (Lipinski definition) is 2. The molecule has 96 valence electrons. The molecule has 0 bridgehead atoms. The second kappa shape index (κ2) is 4.12. The SMILES string of the molecule is CC(C)(C)C(C(=O)O)N1Cc2ccccc2C1=O. The highest BCUT2D eigenvalue weighted by Gasteiger charge is 2.42. The van der Waals surface area contributed by atoms with Gasteiger partial charge in [-0.2, -0.15) is 0 Å². The summed E-state index contributed by atoms with van der Waals surface area (Å²) in [4.78, 5) is 25.1. The number of nitrogens with zero attached hydrogens (tertiary/aromatic N) is 1. The average Bonchev–Trinajstić information content (AvgIpc) is 2.55. The highest BCUT2D eigenvalue weighted by Crippen LogP contribution is 2.32. The number of carboxylic acids is 1. The number of carbonyl (C=O) groups excluding carboxylic acids is 1. The van der Waals surface area contributed by atoms with Crippen molar-refractivity contribution < 1.29 is 14.7 Å². The summed E-state index contributed by atoms with van der Waals surface area (Å²) in [6.07, 6.45) is 0. The lowest BCUT2D eigenvalue weighted by Gasteiger charge is -2.34. The number of carboxylic acid groups (broad SMARTS) is 1. The molecule has 1 amide bonds. The van der Waals surface area contributed by atoms with E-state index in [1.165, 1.54) is 4.90 Å². The first-order chi connectivity index (χ1) is 8.32. The van der Waals surface area contributed by atoms with Crippen LogP contribution in [0, 0.1) is 5.41 Å². The van der Waals surface area contributed by atoms with Crippen molar-refractivity contribution in [3.05, 3.63) is 35.4 Å². The lowest BCUT2D eigenvalue weighted by molar-refractivity contribution is -0.146. The molecule has 0 radical (unpaired) electrons. The van der Waals surface area contributed by atoms with E-state index in [0.29, 0.717) is 12.1 Å². The van der Waals surface area contributed by atoms with Gasteiger partial charge in [-0.1, -0.05) is 39.0 Å². The van der Waals surface area contributed by atoms with Crippen molar-refractivity contribution in [1.82, 2.24) is 4.90 Å². The van der Waals surface area contributed by atoms with Gasteiger partial charge >= 0.3 is 5.97 Å². The zero-order valence-electron chi connectivity index (χ0n) is 10.8. The topological polar surface area (TPSA) is 57.6 Å². The zero-order valence-corrected chi connectivity index (χ0v) is 10.8. The molecule has 0 fully saturated rings. The summed E-state index contributed by atoms with van der Waals surface area (Å²) in [5, 5.41) is 9.37. The van der Waals surface area contributed by atoms with Crippen molar-refractivity contribution >= 4 is 11.9 Å². The van der Waals surface area contributed by atoms with E-state index in [-0.39, 0.29) is 5.91 Å². The van der Waals surface area contributed by atoms with E-state index in [0.717, 1.165) is 5.56 Å². The first kappa shape index (κ1) is 12.6. The predicted molar refractivity (Wildman–Crippen MR) is 67.2 cm³/mol. The number of fused-ring (bicyclic) bond motifs is 1. The first-order valence-electron chi connectivity index (χ1n) is 5.94. The minimum atomic E-state index is -0.955. The van der Waals surface area contributed by atoms with E-state index < -0.39 is 17.4 Å². The van der Waals surface area contributed by atoms with Crippen molar-refractivity contribution in [3.63, 3.8) is 0 Å². The molecule has 1 aromatic carbocycles. The Morgan fingerprint density at radius 3 is 2.44 bits per heavy atom. The van der Waals surface area contributed by atoms with Crippen LogP contribution < -0.4 is 0 Å². The van der Waals surface area contributed by atoms with Crippen molar-refractivity contribution in [2.45, 2.75) is 33.4 Å². The Balaban J connectivity index is 2.38. The maximum Gasteiger partial charge on any atom is 0.326 e. The van der Waals surface area contributed by atoms with Gasteiger partial charge in [-0.05, 0) is 17.0 Å². The molecule has 0 saturated heterocycles. The summed E-state index contributed by atoms with van der Waals surface area (Å²) in [5.74, 6) is -1.14. The highest BCUT2D eigenvalue weighted by atomic mass is 16.4. The fourth-order valence-electron chi connectivity index (χ4n) is 2.46. The smallest absolute Gasteiger partial charge is 0.326 e. The summed E-state index contributed by atoms with van der Waals surface area (Å²) in [6.45, 7) is 5.88. The molecule has 1 heterocycles. The zero-order chi connectivity index (χ0) is 13.5. The average molecular weight is 247 g/mol. The van der Waals surface area contributed by atoms with Gasteiger partial charge < -0.3 is 10.0 Å². The van der Waals surface area contributed by atoms with Gasteiger partial charge in [0.25, 0.3) is 5.91 Å². The molecule has 0 saturated carbocycles. The van der Waals surface area contributed by atoms with Crippen LogP contribution in [0.1, 0.15) is 36.7 Å². The molecule has 4 heteroatoms. The van der Waals surface area contributed by atoms with Crippen LogP contribution in [0.5, 0.6) is 0 Å². The Morgan fingerprint density at radius 2 is 1.94 bits per heavy atom. The minimum absolute atomic E-state index is 0.187. The first-order valence-corrected chi connectivity index (χ1v) is 5.94. The van der Waals surface area contributed by atoms with Crippen LogP contribution in [-0.2, 0) is 11.3 Å². The Kier molecular flexibility index (Phi) is 2.89. The lowest BCUT2D eigenvalue weighted by atomic mass is 9.85. The Bertz CT molecular complexity index is 502. The summed E-state index contributed by atoms with van der Waals surface area (Å²) in [6, 6.07) is 6.47. The number of amides is 1. The fourth-order valence-corrected chi connectivity index (χ4v) is 2.46. The molecule has 0 spiro atoms. The van der Waals surface area contributed by atoms with E-state index in [9.17, 15) is 14.7 Å². The van der Waals surface area contributed by atoms with Crippen LogP contribution in [-0.4, -0.2) is 27.9 Å². The molecule has 2 rings (SSSR count). The minimum Gasteiger partial charge on any atom is -0.480 e. The van der Waals surface area contributed by atoms with Gasteiger partial charge in [0.05, 0.1) is 0 Å². The number of aliphatic carboxylic acids is 1. The molecule has 0 aliphatic carbocycles. The molecule has 1 atom stereocenters. The maximum absolute atomic E-state index is 12.3. The van der Waals surface area contributed by atoms with Gasteiger partial charge in [-0.25, -0.2) is 4.79 Å². The summed E-state index contributed by atoms with van der Waals surface area (Å²) in [5.41, 5.74) is 1.02. The number of rotatable bonds is 2. The summed E-state index contributed by atoms with van der Waals surface area (Å²) in [7, 11) is 0. The largest absolute Gasteiger partial charge is 0.480 e. The maximum atomic E-state index is 12.3.